The molecule has 5 aromatic rings. The molecule has 0 radical (unpaired) electrons. The van der Waals surface area contributed by atoms with Crippen LogP contribution in [0.5, 0.6) is 0 Å². The van der Waals surface area contributed by atoms with E-state index in [1.165, 1.54) is 17.8 Å². The quantitative estimate of drug-likeness (QED) is 0.0276. The standard InChI is InChI=1S/C46H60O6Si.C38H52O5Si.2CH4.S9/c1-9-44(7)29-39(52-40(48)31-51-53(43(4,5)6,36-21-15-11-16-22-36)37-23-17-12-18-24-37)45(8)33(2)25-27-46(28-26-38(47)41(45)46)34(3)42(44)50-32-49-30-35-19-13-10-14-20-35;1-9-36(7)24-31(37(8)26(2)20-22-38(27(3)34(36)41)23-21-30(39)33(37)38)43-32(40)25-42-44(35(4,5)6,28-16-12-10-13-17-28)29-18-14-11-15-19-29;;;1-3-5-7-9-8-6-4-2/h9-24,33-34,39,41-42H,1,25-32H2,2-8H3;9-19,26-27,31,33-34,41H,1,20-25H2,2-8H3;2*1H4;/t33-,34+,39-,41?,42+,44+,45+,46+;26-,27+,31-,33?,34+,36+,37+,38+;;;/m11.../s1. The minimum Gasteiger partial charge on any atom is -0.460 e. The molecule has 6 fully saturated rings. The second-order valence-corrected chi connectivity index (χ2v) is 54.6. The minimum atomic E-state index is -2.99. The lowest BCUT2D eigenvalue weighted by molar-refractivity contribution is -0.226. The van der Waals surface area contributed by atoms with Crippen molar-refractivity contribution in [2.75, 3.05) is 20.0 Å². The van der Waals surface area contributed by atoms with E-state index in [1.54, 1.807) is 44.4 Å². The van der Waals surface area contributed by atoms with Gasteiger partial charge in [-0.25, -0.2) is 9.59 Å². The minimum absolute atomic E-state index is 0. The number of aliphatic hydroxyl groups excluding tert-OH is 1. The third kappa shape index (κ3) is 18.2. The van der Waals surface area contributed by atoms with Gasteiger partial charge in [0.05, 0.1) is 18.8 Å². The molecule has 0 spiro atoms. The van der Waals surface area contributed by atoms with E-state index in [0.717, 1.165) is 64.8 Å². The Kier molecular flexibility index (Phi) is 32.5. The molecule has 0 aliphatic heterocycles. The molecule has 11 nitrogen and oxygen atoms in total. The number of Topliss-reactive ketones (excluding diaryl/α,β-unsaturated/α-hetero) is 2. The molecule has 6 aliphatic carbocycles. The van der Waals surface area contributed by atoms with Crippen LogP contribution in [0.2, 0.25) is 10.1 Å². The number of esters is 2. The van der Waals surface area contributed by atoms with Crippen LogP contribution in [0.4, 0.5) is 0 Å². The van der Waals surface area contributed by atoms with Crippen LogP contribution >= 0.6 is 0 Å². The number of carbonyl (C=O) groups is 4. The van der Waals surface area contributed by atoms with Crippen LogP contribution in [0.15, 0.2) is 177 Å². The first-order valence-corrected chi connectivity index (χ1v) is 51.8. The molecule has 2 unspecified atom stereocenters. The maximum atomic E-state index is 14.4. The molecule has 5 aromatic carbocycles. The molecule has 1 N–H and O–H groups in total. The van der Waals surface area contributed by atoms with Gasteiger partial charge in [0, 0.05) is 131 Å². The van der Waals surface area contributed by atoms with Crippen LogP contribution < -0.4 is 20.7 Å². The number of hydrogen-bond donors (Lipinski definition) is 1. The fourth-order valence-corrected chi connectivity index (χ4v) is 43.2. The van der Waals surface area contributed by atoms with Gasteiger partial charge in [0.25, 0.3) is 16.6 Å². The Morgan fingerprint density at radius 2 is 0.870 bits per heavy atom. The molecule has 4 bridgehead atoms. The van der Waals surface area contributed by atoms with E-state index in [1.807, 2.05) is 122 Å². The summed E-state index contributed by atoms with van der Waals surface area (Å²) in [4.78, 5) is 56.5. The first-order chi connectivity index (χ1) is 50.3. The molecule has 6 saturated carbocycles. The van der Waals surface area contributed by atoms with Gasteiger partial charge in [0.2, 0.25) is 0 Å². The van der Waals surface area contributed by atoms with E-state index < -0.39 is 68.5 Å². The van der Waals surface area contributed by atoms with Crippen molar-refractivity contribution in [1.29, 1.82) is 0 Å². The van der Waals surface area contributed by atoms with Crippen LogP contribution in [0.3, 0.4) is 0 Å². The fraction of sp³-hybridized carbons (Fsp3) is 0.558. The summed E-state index contributed by atoms with van der Waals surface area (Å²) in [6, 6.07) is 51.3. The first kappa shape index (κ1) is 91.3. The lowest BCUT2D eigenvalue weighted by Gasteiger charge is -2.62. The largest absolute Gasteiger partial charge is 0.460 e. The summed E-state index contributed by atoms with van der Waals surface area (Å²) in [6.07, 6.45) is 9.01. The van der Waals surface area contributed by atoms with E-state index in [4.69, 9.17) is 27.8 Å². The Hall–Kier alpha value is -3.93. The maximum Gasteiger partial charge on any atom is 0.331 e. The predicted molar refractivity (Wildman–Crippen MR) is 471 cm³/mol. The van der Waals surface area contributed by atoms with Crippen LogP contribution in [-0.4, -0.2) is 89.7 Å². The molecular weight excluding hydrogens is 1550 g/mol. The number of ether oxygens (including phenoxy) is 4. The van der Waals surface area contributed by atoms with Crippen molar-refractivity contribution in [3.05, 3.63) is 183 Å². The lowest BCUT2D eigenvalue weighted by Crippen LogP contribution is -2.67. The van der Waals surface area contributed by atoms with Crippen molar-refractivity contribution in [1.82, 2.24) is 0 Å². The van der Waals surface area contributed by atoms with Crippen LogP contribution in [0.1, 0.15) is 182 Å². The second kappa shape index (κ2) is 38.5. The van der Waals surface area contributed by atoms with Gasteiger partial charge in [-0.2, -0.15) is 0 Å². The molecule has 22 heteroatoms. The normalized spacial score (nSPS) is 30.6. The van der Waals surface area contributed by atoms with Crippen molar-refractivity contribution < 1.29 is 52.1 Å². The number of hydrogen-bond acceptors (Lipinski definition) is 13. The topological polar surface area (TPSA) is 144 Å². The number of benzene rings is 5. The summed E-state index contributed by atoms with van der Waals surface area (Å²) in [7, 11) is 4.96. The van der Waals surface area contributed by atoms with Crippen molar-refractivity contribution in [2.24, 2.45) is 68.0 Å². The first-order valence-electron chi connectivity index (χ1n) is 37.4. The molecule has 0 heterocycles. The van der Waals surface area contributed by atoms with E-state index in [0.29, 0.717) is 32.3 Å². The van der Waals surface area contributed by atoms with Crippen LogP contribution in [0, 0.1) is 68.0 Å². The monoisotopic (exact) mass is 1670 g/mol. The number of rotatable bonds is 19. The van der Waals surface area contributed by atoms with Crippen molar-refractivity contribution in [3.8, 4) is 0 Å². The highest BCUT2D eigenvalue weighted by Crippen LogP contribution is 2.70. The van der Waals surface area contributed by atoms with Gasteiger partial charge in [-0.3, -0.25) is 9.59 Å². The third-order valence-electron chi connectivity index (χ3n) is 26.4. The number of aliphatic hydroxyl groups is 1. The molecule has 0 amide bonds. The zero-order valence-electron chi connectivity index (χ0n) is 64.4. The van der Waals surface area contributed by atoms with Gasteiger partial charge in [-0.1, -0.05) is 276 Å². The summed E-state index contributed by atoms with van der Waals surface area (Å²) < 4.78 is 40.1. The van der Waals surface area contributed by atoms with E-state index >= 15 is 0 Å². The Morgan fingerprint density at radius 3 is 1.22 bits per heavy atom. The molecule has 592 valence electrons. The number of ketones is 2. The van der Waals surface area contributed by atoms with Crippen molar-refractivity contribution in [3.63, 3.8) is 0 Å². The Labute approximate surface area is 679 Å². The zero-order valence-corrected chi connectivity index (χ0v) is 73.7. The van der Waals surface area contributed by atoms with Gasteiger partial charge in [-0.15, -0.1) is 13.2 Å². The summed E-state index contributed by atoms with van der Waals surface area (Å²) >= 11 is 9.27. The smallest absolute Gasteiger partial charge is 0.331 e. The molecule has 0 saturated heterocycles. The highest BCUT2D eigenvalue weighted by molar-refractivity contribution is 8.72. The van der Waals surface area contributed by atoms with Crippen LogP contribution in [-0.2, 0) is 138 Å². The van der Waals surface area contributed by atoms with Gasteiger partial charge in [-0.05, 0) is 122 Å². The summed E-state index contributed by atoms with van der Waals surface area (Å²) in [5, 5.41) is 15.7. The Bertz CT molecular complexity index is 4110. The average molecular weight is 1670 g/mol. The molecule has 16 atom stereocenters. The van der Waals surface area contributed by atoms with E-state index in [9.17, 15) is 24.3 Å². The molecule has 11 rings (SSSR count). The van der Waals surface area contributed by atoms with Gasteiger partial charge < -0.3 is 32.9 Å². The van der Waals surface area contributed by atoms with E-state index in [2.05, 4.69) is 174 Å². The van der Waals surface area contributed by atoms with Crippen molar-refractivity contribution in [2.45, 2.75) is 217 Å². The third-order valence-corrected chi connectivity index (χ3v) is 49.7. The maximum absolute atomic E-state index is 14.4. The average Bonchev–Trinajstić information content (AvgIpc) is 1.43. The molecule has 0 aromatic heterocycles. The second-order valence-electron chi connectivity index (χ2n) is 33.6. The molecule has 108 heavy (non-hydrogen) atoms. The highest BCUT2D eigenvalue weighted by atomic mass is 33.4. The Morgan fingerprint density at radius 1 is 0.528 bits per heavy atom. The SMILES string of the molecule is C.C.C=C[C@@]1(C)C[C@@H](OC(=O)CO[Si](c2ccccc2)(c2ccccc2)C(C)(C)C)[C@@]2(C)C3C(=O)CC[C@@]3(CC[C@H]2C)[C@@H](C)[C@@H]1O.C=C[C@@]1(C)C[C@@H](OC(=O)CO[Si](c2ccccc2)(c2ccccc2)C(C)(C)C)[C@@]2(C)C3C(=O)CC[C@@]3(CC[C@H]2C)[C@@H](C)[C@@H]1OCOCc1ccccc1.S=S=S=S=S=S=S=S=S. The lowest BCUT2D eigenvalue weighted by atomic mass is 9.44. The van der Waals surface area contributed by atoms with Crippen molar-refractivity contribution >= 4 is 145 Å². The molecule has 6 aliphatic rings. The summed E-state index contributed by atoms with van der Waals surface area (Å²) in [5.74, 6) is -0.437. The number of carbonyl (C=O) groups excluding carboxylic acids is 4. The summed E-state index contributed by atoms with van der Waals surface area (Å²) in [5.41, 5.74) is -1.87. The van der Waals surface area contributed by atoms with Gasteiger partial charge >= 0.3 is 11.9 Å². The Balaban J connectivity index is 0.000000269. The van der Waals surface area contributed by atoms with Gasteiger partial charge in [0.1, 0.15) is 43.8 Å². The fourth-order valence-electron chi connectivity index (χ4n) is 20.5. The highest BCUT2D eigenvalue weighted by Gasteiger charge is 2.71. The van der Waals surface area contributed by atoms with E-state index in [-0.39, 0.29) is 109 Å². The summed E-state index contributed by atoms with van der Waals surface area (Å²) in [6.45, 7) is 39.3. The van der Waals surface area contributed by atoms with Gasteiger partial charge in [0.15, 0.2) is 0 Å². The predicted octanol–water partition coefficient (Wildman–Crippen LogP) is 16.4. The van der Waals surface area contributed by atoms with Crippen LogP contribution in [0.25, 0.3) is 0 Å². The molecular formula is C86H120O11S9Si2. The zero-order chi connectivity index (χ0) is 77.2.